The Morgan fingerprint density at radius 3 is 2.66 bits per heavy atom. The Balaban J connectivity index is 1.54. The summed E-state index contributed by atoms with van der Waals surface area (Å²) < 4.78 is 42.6. The lowest BCUT2D eigenvalue weighted by Crippen LogP contribution is -2.54. The fourth-order valence-corrected chi connectivity index (χ4v) is 7.31. The average Bonchev–Trinajstić information content (AvgIpc) is 3.24. The van der Waals surface area contributed by atoms with Crippen LogP contribution in [-0.2, 0) is 10.0 Å². The smallest absolute Gasteiger partial charge is 0.232 e. The van der Waals surface area contributed by atoms with E-state index in [0.717, 1.165) is 43.8 Å². The molecule has 1 aromatic carbocycles. The zero-order valence-corrected chi connectivity index (χ0v) is 21.2. The number of hydrogen-bond donors (Lipinski definition) is 3. The molecule has 186 valence electrons. The van der Waals surface area contributed by atoms with Crippen LogP contribution in [0.3, 0.4) is 0 Å². The fourth-order valence-electron chi connectivity index (χ4n) is 4.96. The Hall–Kier alpha value is -2.63. The van der Waals surface area contributed by atoms with E-state index >= 15 is 4.39 Å². The lowest BCUT2D eigenvalue weighted by molar-refractivity contribution is 0.0975. The van der Waals surface area contributed by atoms with Gasteiger partial charge in [-0.3, -0.25) is 4.72 Å². The summed E-state index contributed by atoms with van der Waals surface area (Å²) in [4.78, 5) is 14.0. The van der Waals surface area contributed by atoms with Crippen molar-refractivity contribution in [1.82, 2.24) is 20.3 Å². The van der Waals surface area contributed by atoms with Gasteiger partial charge in [-0.2, -0.15) is 0 Å². The lowest BCUT2D eigenvalue weighted by atomic mass is 9.67. The minimum atomic E-state index is -3.64. The van der Waals surface area contributed by atoms with Crippen molar-refractivity contribution in [3.8, 4) is 21.8 Å². The highest BCUT2D eigenvalue weighted by Crippen LogP contribution is 2.48. The monoisotopic (exact) mass is 516 g/mol. The molecule has 1 spiro atoms. The second-order valence-corrected chi connectivity index (χ2v) is 12.4. The molecule has 0 atom stereocenters. The predicted octanol–water partition coefficient (Wildman–Crippen LogP) is 4.39. The van der Waals surface area contributed by atoms with E-state index in [1.807, 2.05) is 0 Å². The molecule has 3 heterocycles. The van der Waals surface area contributed by atoms with Gasteiger partial charge >= 0.3 is 0 Å². The molecule has 1 saturated heterocycles. The standard InChI is InChI=1S/C24H29FN6O2S2/c1-2-12-35(32,33)31-17-5-3-4-16(19(17)25)20-21(18-8-11-28-23(26)29-18)34-22(30-20)15-6-9-24(10-7-15)13-27-14-24/h3-5,8,11,15,27,31H,2,6-7,9-10,12-14H2,1H3,(H2,26,28,29). The first-order valence-corrected chi connectivity index (χ1v) is 14.4. The summed E-state index contributed by atoms with van der Waals surface area (Å²) in [5.74, 6) is -0.313. The summed E-state index contributed by atoms with van der Waals surface area (Å²) in [6, 6.07) is 6.41. The number of benzene rings is 1. The Bertz CT molecular complexity index is 1330. The molecule has 1 saturated carbocycles. The first kappa shape index (κ1) is 24.1. The van der Waals surface area contributed by atoms with E-state index in [4.69, 9.17) is 10.7 Å². The van der Waals surface area contributed by atoms with Gasteiger partial charge < -0.3 is 11.1 Å². The molecule has 1 aliphatic heterocycles. The highest BCUT2D eigenvalue weighted by molar-refractivity contribution is 7.92. The molecule has 0 unspecified atom stereocenters. The van der Waals surface area contributed by atoms with Crippen LogP contribution in [0.25, 0.3) is 21.8 Å². The van der Waals surface area contributed by atoms with Crippen molar-refractivity contribution in [3.63, 3.8) is 0 Å². The molecule has 0 amide bonds. The number of halogens is 1. The summed E-state index contributed by atoms with van der Waals surface area (Å²) in [7, 11) is -3.64. The number of rotatable bonds is 7. The summed E-state index contributed by atoms with van der Waals surface area (Å²) in [6.45, 7) is 3.93. The molecule has 4 N–H and O–H groups in total. The van der Waals surface area contributed by atoms with Crippen molar-refractivity contribution in [2.24, 2.45) is 5.41 Å². The zero-order valence-electron chi connectivity index (χ0n) is 19.6. The number of nitrogens with zero attached hydrogens (tertiary/aromatic N) is 3. The molecule has 5 rings (SSSR count). The van der Waals surface area contributed by atoms with Crippen molar-refractivity contribution >= 4 is 33.0 Å². The topological polar surface area (TPSA) is 123 Å². The van der Waals surface area contributed by atoms with Crippen molar-refractivity contribution in [3.05, 3.63) is 41.3 Å². The molecule has 1 aliphatic carbocycles. The largest absolute Gasteiger partial charge is 0.368 e. The third-order valence-electron chi connectivity index (χ3n) is 6.94. The number of aromatic nitrogens is 3. The van der Waals surface area contributed by atoms with Crippen molar-refractivity contribution in [2.75, 3.05) is 29.3 Å². The Morgan fingerprint density at radius 2 is 2.00 bits per heavy atom. The molecule has 2 aliphatic rings. The normalized spacial score (nSPS) is 17.9. The number of sulfonamides is 1. The van der Waals surface area contributed by atoms with Gasteiger partial charge in [0.15, 0.2) is 5.82 Å². The van der Waals surface area contributed by atoms with Gasteiger partial charge in [-0.05, 0) is 55.7 Å². The van der Waals surface area contributed by atoms with Crippen LogP contribution in [0.5, 0.6) is 0 Å². The average molecular weight is 517 g/mol. The van der Waals surface area contributed by atoms with Crippen LogP contribution >= 0.6 is 11.3 Å². The molecule has 3 aromatic rings. The number of nitrogens with two attached hydrogens (primary N) is 1. The predicted molar refractivity (Wildman–Crippen MR) is 137 cm³/mol. The molecular weight excluding hydrogens is 487 g/mol. The summed E-state index contributed by atoms with van der Waals surface area (Å²) in [6.07, 6.45) is 6.39. The van der Waals surface area contributed by atoms with Gasteiger partial charge in [0.25, 0.3) is 0 Å². The second-order valence-electron chi connectivity index (χ2n) is 9.50. The molecule has 35 heavy (non-hydrogen) atoms. The van der Waals surface area contributed by atoms with E-state index in [-0.39, 0.29) is 23.0 Å². The maximum Gasteiger partial charge on any atom is 0.232 e. The number of nitrogens with one attached hydrogen (secondary N) is 2. The van der Waals surface area contributed by atoms with Crippen molar-refractivity contribution in [2.45, 2.75) is 44.9 Å². The first-order chi connectivity index (χ1) is 16.8. The van der Waals surface area contributed by atoms with Gasteiger partial charge in [-0.15, -0.1) is 11.3 Å². The summed E-state index contributed by atoms with van der Waals surface area (Å²) in [5.41, 5.74) is 7.43. The van der Waals surface area contributed by atoms with Crippen LogP contribution in [0, 0.1) is 11.2 Å². The lowest BCUT2D eigenvalue weighted by Gasteiger charge is -2.47. The highest BCUT2D eigenvalue weighted by atomic mass is 32.2. The second kappa shape index (κ2) is 9.44. The van der Waals surface area contributed by atoms with Crippen LogP contribution in [0.1, 0.15) is 50.0 Å². The van der Waals surface area contributed by atoms with E-state index in [1.54, 1.807) is 31.3 Å². The van der Waals surface area contributed by atoms with Crippen LogP contribution in [-0.4, -0.2) is 42.2 Å². The third kappa shape index (κ3) is 4.89. The number of thiazole rings is 1. The molecule has 0 bridgehead atoms. The van der Waals surface area contributed by atoms with Crippen LogP contribution in [0.2, 0.25) is 0 Å². The van der Waals surface area contributed by atoms with Gasteiger partial charge in [-0.25, -0.2) is 27.8 Å². The summed E-state index contributed by atoms with van der Waals surface area (Å²) in [5, 5.41) is 4.34. The Morgan fingerprint density at radius 1 is 1.23 bits per heavy atom. The minimum absolute atomic E-state index is 0.0817. The molecule has 2 aromatic heterocycles. The van der Waals surface area contributed by atoms with Crippen molar-refractivity contribution in [1.29, 1.82) is 0 Å². The molecule has 11 heteroatoms. The van der Waals surface area contributed by atoms with Gasteiger partial charge in [0.2, 0.25) is 16.0 Å². The van der Waals surface area contributed by atoms with Crippen LogP contribution < -0.4 is 15.8 Å². The van der Waals surface area contributed by atoms with Gasteiger partial charge in [0.05, 0.1) is 32.7 Å². The Kier molecular flexibility index (Phi) is 6.49. The van der Waals surface area contributed by atoms with Gasteiger partial charge in [0, 0.05) is 30.8 Å². The minimum Gasteiger partial charge on any atom is -0.368 e. The molecule has 0 radical (unpaired) electrons. The first-order valence-electron chi connectivity index (χ1n) is 11.9. The quantitative estimate of drug-likeness (QED) is 0.426. The van der Waals surface area contributed by atoms with Gasteiger partial charge in [0.1, 0.15) is 0 Å². The van der Waals surface area contributed by atoms with E-state index in [9.17, 15) is 8.42 Å². The number of anilines is 2. The molecule has 8 nitrogen and oxygen atoms in total. The van der Waals surface area contributed by atoms with Gasteiger partial charge in [-0.1, -0.05) is 13.0 Å². The molecular formula is C24H29FN6O2S2. The molecule has 2 fully saturated rings. The number of nitrogen functional groups attached to an aromatic ring is 1. The van der Waals surface area contributed by atoms with E-state index in [1.165, 1.54) is 17.4 Å². The highest BCUT2D eigenvalue weighted by Gasteiger charge is 2.41. The zero-order chi connectivity index (χ0) is 24.6. The third-order valence-corrected chi connectivity index (χ3v) is 9.66. The maximum absolute atomic E-state index is 15.7. The SMILES string of the molecule is CCCS(=O)(=O)Nc1cccc(-c2nc(C3CCC4(CC3)CNC4)sc2-c2ccnc(N)n2)c1F. The van der Waals surface area contributed by atoms with E-state index in [0.29, 0.717) is 34.0 Å². The maximum atomic E-state index is 15.7. The van der Waals surface area contributed by atoms with E-state index < -0.39 is 15.8 Å². The number of hydrogen-bond acceptors (Lipinski definition) is 8. The Labute approximate surface area is 208 Å². The van der Waals surface area contributed by atoms with Crippen molar-refractivity contribution < 1.29 is 12.8 Å². The summed E-state index contributed by atoms with van der Waals surface area (Å²) >= 11 is 1.51. The van der Waals surface area contributed by atoms with Crippen LogP contribution in [0.15, 0.2) is 30.5 Å². The van der Waals surface area contributed by atoms with E-state index in [2.05, 4.69) is 20.0 Å². The van der Waals surface area contributed by atoms with Crippen LogP contribution in [0.4, 0.5) is 16.0 Å². The fraction of sp³-hybridized carbons (Fsp3) is 0.458.